The fraction of sp³-hybridized carbons (Fsp3) is 0.323. The van der Waals surface area contributed by atoms with Crippen molar-refractivity contribution in [1.82, 2.24) is 19.7 Å². The third kappa shape index (κ3) is 5.00. The molecule has 0 spiro atoms. The molecule has 8 nitrogen and oxygen atoms in total. The predicted octanol–water partition coefficient (Wildman–Crippen LogP) is 4.35. The number of aryl methyl sites for hydroxylation is 1. The Morgan fingerprint density at radius 2 is 1.72 bits per heavy atom. The number of carbonyl (C=O) groups is 3. The number of fused-ring (bicyclic) bond motifs is 1. The maximum absolute atomic E-state index is 13.4. The molecule has 1 unspecified atom stereocenters. The van der Waals surface area contributed by atoms with Crippen molar-refractivity contribution >= 4 is 35.1 Å². The maximum atomic E-state index is 13.4. The van der Waals surface area contributed by atoms with Crippen LogP contribution in [0, 0.1) is 13.8 Å². The van der Waals surface area contributed by atoms with Crippen LogP contribution in [0.25, 0.3) is 11.6 Å². The minimum atomic E-state index is -0.237. The van der Waals surface area contributed by atoms with E-state index in [1.165, 1.54) is 0 Å². The average molecular weight is 526 g/mol. The first kappa shape index (κ1) is 26.4. The van der Waals surface area contributed by atoms with Gasteiger partial charge in [0, 0.05) is 61.4 Å². The van der Waals surface area contributed by atoms with E-state index in [0.29, 0.717) is 41.0 Å². The molecule has 2 N–H and O–H groups in total. The minimum Gasteiger partial charge on any atom is -0.358 e. The molecule has 3 aromatic rings. The van der Waals surface area contributed by atoms with E-state index < -0.39 is 0 Å². The van der Waals surface area contributed by atoms with Gasteiger partial charge >= 0.3 is 0 Å². The van der Waals surface area contributed by atoms with Crippen LogP contribution in [0.15, 0.2) is 48.5 Å². The van der Waals surface area contributed by atoms with Gasteiger partial charge in [-0.15, -0.1) is 0 Å². The number of H-pyrrole nitrogens is 1. The van der Waals surface area contributed by atoms with Gasteiger partial charge in [0.05, 0.1) is 17.2 Å². The van der Waals surface area contributed by atoms with Gasteiger partial charge in [-0.2, -0.15) is 0 Å². The number of aromatic amines is 1. The van der Waals surface area contributed by atoms with Gasteiger partial charge < -0.3 is 25.0 Å². The number of nitrogens with one attached hydrogen (secondary N) is 2. The lowest BCUT2D eigenvalue weighted by Gasteiger charge is -2.32. The number of hydrogen-bond donors (Lipinski definition) is 2. The molecule has 3 amide bonds. The number of rotatable bonds is 5. The molecule has 202 valence electrons. The molecule has 1 fully saturated rings. The number of carbonyl (C=O) groups excluding carboxylic acids is 3. The maximum Gasteiger partial charge on any atom is 0.256 e. The summed E-state index contributed by atoms with van der Waals surface area (Å²) in [6.45, 7) is 8.88. The van der Waals surface area contributed by atoms with E-state index in [-0.39, 0.29) is 23.8 Å². The SMILES string of the molecule is Cc1[nH]c(C=C2C(=O)Nc3ccc(C(=O)N(C)C(C)c4ccccc4)cc32)c(C)c1C(=O)N1CCN(C)CC1. The predicted molar refractivity (Wildman–Crippen MR) is 154 cm³/mol. The summed E-state index contributed by atoms with van der Waals surface area (Å²) in [5.74, 6) is -0.349. The second-order valence-corrected chi connectivity index (χ2v) is 10.5. The first-order chi connectivity index (χ1) is 18.7. The van der Waals surface area contributed by atoms with Gasteiger partial charge in [0.1, 0.15) is 0 Å². The Balaban J connectivity index is 1.43. The summed E-state index contributed by atoms with van der Waals surface area (Å²) >= 11 is 0. The number of amides is 3. The third-order valence-electron chi connectivity index (χ3n) is 8.00. The summed E-state index contributed by atoms with van der Waals surface area (Å²) < 4.78 is 0. The van der Waals surface area contributed by atoms with Crippen LogP contribution in [0.4, 0.5) is 5.69 Å². The zero-order chi connectivity index (χ0) is 27.8. The molecule has 8 heteroatoms. The molecular formula is C31H35N5O3. The molecule has 1 saturated heterocycles. The number of anilines is 1. The zero-order valence-corrected chi connectivity index (χ0v) is 23.2. The van der Waals surface area contributed by atoms with Crippen molar-refractivity contribution in [1.29, 1.82) is 0 Å². The Morgan fingerprint density at radius 1 is 1.03 bits per heavy atom. The number of piperazine rings is 1. The molecule has 0 bridgehead atoms. The molecule has 2 aromatic carbocycles. The molecule has 1 atom stereocenters. The Morgan fingerprint density at radius 3 is 2.41 bits per heavy atom. The molecule has 0 radical (unpaired) electrons. The van der Waals surface area contributed by atoms with Crippen molar-refractivity contribution in [3.63, 3.8) is 0 Å². The van der Waals surface area contributed by atoms with Gasteiger partial charge in [-0.3, -0.25) is 14.4 Å². The lowest BCUT2D eigenvalue weighted by Crippen LogP contribution is -2.47. The minimum absolute atomic E-state index is 0.0127. The van der Waals surface area contributed by atoms with Crippen molar-refractivity contribution in [2.75, 3.05) is 45.6 Å². The van der Waals surface area contributed by atoms with Gasteiger partial charge in [0.2, 0.25) is 0 Å². The Hall–Kier alpha value is -4.17. The topological polar surface area (TPSA) is 88.8 Å². The van der Waals surface area contributed by atoms with E-state index >= 15 is 0 Å². The summed E-state index contributed by atoms with van der Waals surface area (Å²) in [7, 11) is 3.85. The van der Waals surface area contributed by atoms with Crippen molar-refractivity contribution < 1.29 is 14.4 Å². The standard InChI is InChI=1S/C31H35N5O3/c1-19-27(32-20(2)28(19)31(39)36-15-13-34(4)14-16-36)18-25-24-17-23(11-12-26(24)33-29(25)37)30(38)35(5)21(3)22-9-7-6-8-10-22/h6-12,17-18,21,32H,13-16H2,1-5H3,(H,33,37). The molecule has 0 saturated carbocycles. The lowest BCUT2D eigenvalue weighted by molar-refractivity contribution is -0.110. The van der Waals surface area contributed by atoms with Crippen LogP contribution in [0.5, 0.6) is 0 Å². The first-order valence-corrected chi connectivity index (χ1v) is 13.3. The first-order valence-electron chi connectivity index (χ1n) is 13.3. The van der Waals surface area contributed by atoms with E-state index in [0.717, 1.165) is 35.6 Å². The summed E-state index contributed by atoms with van der Waals surface area (Å²) in [6.07, 6.45) is 1.79. The van der Waals surface area contributed by atoms with Gasteiger partial charge in [-0.05, 0) is 63.2 Å². The molecular weight excluding hydrogens is 490 g/mol. The monoisotopic (exact) mass is 525 g/mol. The van der Waals surface area contributed by atoms with E-state index in [1.54, 1.807) is 36.2 Å². The normalized spacial score (nSPS) is 17.2. The van der Waals surface area contributed by atoms with E-state index in [9.17, 15) is 14.4 Å². The van der Waals surface area contributed by atoms with Gasteiger partial charge in [0.15, 0.2) is 0 Å². The van der Waals surface area contributed by atoms with Crippen LogP contribution in [0.1, 0.15) is 61.8 Å². The van der Waals surface area contributed by atoms with Gasteiger partial charge in [0.25, 0.3) is 17.7 Å². The molecule has 5 rings (SSSR count). The fourth-order valence-corrected chi connectivity index (χ4v) is 5.35. The largest absolute Gasteiger partial charge is 0.358 e. The summed E-state index contributed by atoms with van der Waals surface area (Å²) in [5.41, 5.74) is 6.32. The van der Waals surface area contributed by atoms with Crippen LogP contribution in [-0.2, 0) is 4.79 Å². The smallest absolute Gasteiger partial charge is 0.256 e. The molecule has 1 aromatic heterocycles. The second kappa shape index (κ2) is 10.5. The highest BCUT2D eigenvalue weighted by atomic mass is 16.2. The average Bonchev–Trinajstić information content (AvgIpc) is 3.41. The highest BCUT2D eigenvalue weighted by Gasteiger charge is 2.29. The number of nitrogens with zero attached hydrogens (tertiary/aromatic N) is 3. The van der Waals surface area contributed by atoms with Crippen LogP contribution in [0.3, 0.4) is 0 Å². The number of aromatic nitrogens is 1. The molecule has 3 heterocycles. The van der Waals surface area contributed by atoms with Crippen molar-refractivity contribution in [3.8, 4) is 0 Å². The highest BCUT2D eigenvalue weighted by molar-refractivity contribution is 6.35. The lowest BCUT2D eigenvalue weighted by atomic mass is 10.0. The number of hydrogen-bond acceptors (Lipinski definition) is 4. The summed E-state index contributed by atoms with van der Waals surface area (Å²) in [5, 5.41) is 2.91. The Labute approximate surface area is 229 Å². The zero-order valence-electron chi connectivity index (χ0n) is 23.2. The highest BCUT2D eigenvalue weighted by Crippen LogP contribution is 2.35. The molecule has 2 aliphatic heterocycles. The number of benzene rings is 2. The third-order valence-corrected chi connectivity index (χ3v) is 8.00. The quantitative estimate of drug-likeness (QED) is 0.485. The summed E-state index contributed by atoms with van der Waals surface area (Å²) in [4.78, 5) is 48.9. The van der Waals surface area contributed by atoms with Crippen LogP contribution < -0.4 is 5.32 Å². The van der Waals surface area contributed by atoms with E-state index in [2.05, 4.69) is 22.2 Å². The summed E-state index contributed by atoms with van der Waals surface area (Å²) in [6, 6.07) is 15.1. The van der Waals surface area contributed by atoms with Crippen molar-refractivity contribution in [2.45, 2.75) is 26.8 Å². The molecule has 0 aliphatic carbocycles. The van der Waals surface area contributed by atoms with Gasteiger partial charge in [-0.25, -0.2) is 0 Å². The van der Waals surface area contributed by atoms with E-state index in [1.807, 2.05) is 56.0 Å². The van der Waals surface area contributed by atoms with Gasteiger partial charge in [-0.1, -0.05) is 30.3 Å². The molecule has 2 aliphatic rings. The van der Waals surface area contributed by atoms with Crippen molar-refractivity contribution in [3.05, 3.63) is 87.7 Å². The fourth-order valence-electron chi connectivity index (χ4n) is 5.35. The van der Waals surface area contributed by atoms with Crippen molar-refractivity contribution in [2.24, 2.45) is 0 Å². The van der Waals surface area contributed by atoms with E-state index in [4.69, 9.17) is 0 Å². The van der Waals surface area contributed by atoms with Crippen LogP contribution in [0.2, 0.25) is 0 Å². The molecule has 39 heavy (non-hydrogen) atoms. The second-order valence-electron chi connectivity index (χ2n) is 10.5. The Bertz CT molecular complexity index is 1460. The number of likely N-dealkylation sites (N-methyl/N-ethyl adjacent to an activating group) is 1. The van der Waals surface area contributed by atoms with Crippen LogP contribution >= 0.6 is 0 Å². The van der Waals surface area contributed by atoms with Crippen LogP contribution in [-0.4, -0.2) is 77.7 Å². The Kier molecular flexibility index (Phi) is 7.14.